The van der Waals surface area contributed by atoms with Gasteiger partial charge in [-0.1, -0.05) is 0 Å². The molecule has 0 atom stereocenters. The molecule has 0 unspecified atom stereocenters. The second-order valence-corrected chi connectivity index (χ2v) is 2.70. The second-order valence-electron chi connectivity index (χ2n) is 2.70. The summed E-state index contributed by atoms with van der Waals surface area (Å²) in [6.07, 6.45) is 0. The zero-order chi connectivity index (χ0) is 7.45. The van der Waals surface area contributed by atoms with Crippen LogP contribution in [0, 0.1) is 0 Å². The fourth-order valence-corrected chi connectivity index (χ4v) is 1.08. The molecule has 0 radical (unpaired) electrons. The molecule has 1 rings (SSSR count). The minimum atomic E-state index is -0.488. The first-order valence-electron chi connectivity index (χ1n) is 3.50. The molecule has 0 aliphatic carbocycles. The molecule has 4 nitrogen and oxygen atoms in total. The summed E-state index contributed by atoms with van der Waals surface area (Å²) in [6.45, 7) is 2.32. The first-order chi connectivity index (χ1) is 4.83. The van der Waals surface area contributed by atoms with Crippen LogP contribution in [0.3, 0.4) is 0 Å². The van der Waals surface area contributed by atoms with Crippen LogP contribution < -0.4 is 10.6 Å². The molecule has 1 aliphatic heterocycles. The van der Waals surface area contributed by atoms with Crippen molar-refractivity contribution in [2.75, 3.05) is 32.8 Å². The molecule has 4 heteroatoms. The van der Waals surface area contributed by atoms with Crippen molar-refractivity contribution in [3.05, 3.63) is 0 Å². The second kappa shape index (κ2) is 3.30. The number of hydrogen-bond acceptors (Lipinski definition) is 4. The van der Waals surface area contributed by atoms with E-state index in [1.807, 2.05) is 0 Å². The Morgan fingerprint density at radius 3 is 2.20 bits per heavy atom. The van der Waals surface area contributed by atoms with Crippen LogP contribution in [-0.2, 0) is 0 Å². The summed E-state index contributed by atoms with van der Waals surface area (Å²) in [5.41, 5.74) is -0.488. The van der Waals surface area contributed by atoms with Gasteiger partial charge in [0.1, 0.15) is 0 Å². The largest absolute Gasteiger partial charge is 0.394 e. The van der Waals surface area contributed by atoms with Gasteiger partial charge >= 0.3 is 0 Å². The summed E-state index contributed by atoms with van der Waals surface area (Å²) in [5, 5.41) is 23.9. The Kier molecular flexibility index (Phi) is 2.62. The average molecular weight is 146 g/mol. The van der Waals surface area contributed by atoms with Gasteiger partial charge in [-0.25, -0.2) is 0 Å². The van der Waals surface area contributed by atoms with Gasteiger partial charge in [0.05, 0.1) is 18.8 Å². The molecule has 0 aromatic carbocycles. The van der Waals surface area contributed by atoms with Gasteiger partial charge in [0.2, 0.25) is 0 Å². The topological polar surface area (TPSA) is 64.5 Å². The minimum absolute atomic E-state index is 0.0174. The van der Waals surface area contributed by atoms with Crippen LogP contribution in [0.15, 0.2) is 0 Å². The lowest BCUT2D eigenvalue weighted by Gasteiger charge is -2.35. The lowest BCUT2D eigenvalue weighted by Crippen LogP contribution is -2.63. The summed E-state index contributed by atoms with van der Waals surface area (Å²) in [5.74, 6) is 0. The van der Waals surface area contributed by atoms with Crippen molar-refractivity contribution in [1.29, 1.82) is 0 Å². The first kappa shape index (κ1) is 7.94. The fourth-order valence-electron chi connectivity index (χ4n) is 1.08. The van der Waals surface area contributed by atoms with Crippen LogP contribution in [-0.4, -0.2) is 48.6 Å². The van der Waals surface area contributed by atoms with Gasteiger partial charge in [-0.05, 0) is 0 Å². The molecule has 1 aliphatic rings. The Balaban J connectivity index is 2.44. The van der Waals surface area contributed by atoms with E-state index in [1.165, 1.54) is 0 Å². The van der Waals surface area contributed by atoms with Crippen LogP contribution in [0.5, 0.6) is 0 Å². The van der Waals surface area contributed by atoms with Crippen molar-refractivity contribution in [3.63, 3.8) is 0 Å². The molecule has 10 heavy (non-hydrogen) atoms. The van der Waals surface area contributed by atoms with E-state index < -0.39 is 5.54 Å². The Labute approximate surface area is 60.2 Å². The molecular formula is C6H14N2O2. The van der Waals surface area contributed by atoms with E-state index in [0.717, 1.165) is 13.1 Å². The average Bonchev–Trinajstić information content (AvgIpc) is 2.06. The Morgan fingerprint density at radius 2 is 1.90 bits per heavy atom. The predicted octanol–water partition coefficient (Wildman–Crippen LogP) is -2.10. The van der Waals surface area contributed by atoms with E-state index in [-0.39, 0.29) is 13.2 Å². The Hall–Kier alpha value is -0.160. The third kappa shape index (κ3) is 1.46. The van der Waals surface area contributed by atoms with E-state index in [4.69, 9.17) is 10.2 Å². The molecular weight excluding hydrogens is 132 g/mol. The molecule has 0 amide bonds. The maximum atomic E-state index is 8.88. The van der Waals surface area contributed by atoms with Gasteiger partial charge in [-0.2, -0.15) is 0 Å². The minimum Gasteiger partial charge on any atom is -0.394 e. The SMILES string of the molecule is OCC1(CO)CNCCN1. The molecule has 1 saturated heterocycles. The first-order valence-corrected chi connectivity index (χ1v) is 3.50. The standard InChI is InChI=1S/C6H14N2O2/c9-4-6(5-10)3-7-1-2-8-6/h7-10H,1-5H2. The number of aliphatic hydroxyl groups is 2. The summed E-state index contributed by atoms with van der Waals surface area (Å²) < 4.78 is 0. The molecule has 0 aromatic heterocycles. The van der Waals surface area contributed by atoms with E-state index in [9.17, 15) is 0 Å². The third-order valence-corrected chi connectivity index (χ3v) is 1.87. The zero-order valence-corrected chi connectivity index (χ0v) is 5.93. The monoisotopic (exact) mass is 146 g/mol. The van der Waals surface area contributed by atoms with Crippen LogP contribution in [0.25, 0.3) is 0 Å². The van der Waals surface area contributed by atoms with E-state index in [0.29, 0.717) is 6.54 Å². The van der Waals surface area contributed by atoms with E-state index >= 15 is 0 Å². The number of hydrogen-bond donors (Lipinski definition) is 4. The van der Waals surface area contributed by atoms with Crippen molar-refractivity contribution in [3.8, 4) is 0 Å². The predicted molar refractivity (Wildman–Crippen MR) is 37.8 cm³/mol. The quantitative estimate of drug-likeness (QED) is 0.360. The van der Waals surface area contributed by atoms with Crippen LogP contribution in [0.1, 0.15) is 0 Å². The van der Waals surface area contributed by atoms with E-state index in [2.05, 4.69) is 10.6 Å². The van der Waals surface area contributed by atoms with Gasteiger partial charge in [-0.3, -0.25) is 0 Å². The zero-order valence-electron chi connectivity index (χ0n) is 5.93. The van der Waals surface area contributed by atoms with Gasteiger partial charge in [0.15, 0.2) is 0 Å². The summed E-state index contributed by atoms with van der Waals surface area (Å²) in [6, 6.07) is 0. The molecule has 1 fully saturated rings. The fraction of sp³-hybridized carbons (Fsp3) is 1.00. The maximum absolute atomic E-state index is 8.88. The maximum Gasteiger partial charge on any atom is 0.0774 e. The number of aliphatic hydroxyl groups excluding tert-OH is 2. The van der Waals surface area contributed by atoms with Gasteiger partial charge in [-0.15, -0.1) is 0 Å². The van der Waals surface area contributed by atoms with E-state index in [1.54, 1.807) is 0 Å². The Morgan fingerprint density at radius 1 is 1.20 bits per heavy atom. The van der Waals surface area contributed by atoms with Crippen molar-refractivity contribution in [2.45, 2.75) is 5.54 Å². The summed E-state index contributed by atoms with van der Waals surface area (Å²) in [7, 11) is 0. The highest BCUT2D eigenvalue weighted by Gasteiger charge is 2.29. The highest BCUT2D eigenvalue weighted by atomic mass is 16.3. The summed E-state index contributed by atoms with van der Waals surface area (Å²) in [4.78, 5) is 0. The van der Waals surface area contributed by atoms with Gasteiger partial charge in [0, 0.05) is 19.6 Å². The molecule has 0 bridgehead atoms. The van der Waals surface area contributed by atoms with Crippen molar-refractivity contribution < 1.29 is 10.2 Å². The normalized spacial score (nSPS) is 24.6. The molecule has 1 heterocycles. The smallest absolute Gasteiger partial charge is 0.0774 e. The van der Waals surface area contributed by atoms with Crippen molar-refractivity contribution in [1.82, 2.24) is 10.6 Å². The molecule has 0 spiro atoms. The molecule has 0 aromatic rings. The van der Waals surface area contributed by atoms with Crippen molar-refractivity contribution >= 4 is 0 Å². The number of rotatable bonds is 2. The highest BCUT2D eigenvalue weighted by Crippen LogP contribution is 2.02. The lowest BCUT2D eigenvalue weighted by molar-refractivity contribution is 0.0795. The number of piperazine rings is 1. The van der Waals surface area contributed by atoms with Crippen LogP contribution in [0.2, 0.25) is 0 Å². The highest BCUT2D eigenvalue weighted by molar-refractivity contribution is 4.92. The van der Waals surface area contributed by atoms with Crippen molar-refractivity contribution in [2.24, 2.45) is 0 Å². The Bertz CT molecular complexity index is 95.9. The molecule has 60 valence electrons. The summed E-state index contributed by atoms with van der Waals surface area (Å²) >= 11 is 0. The lowest BCUT2D eigenvalue weighted by atomic mass is 10.0. The third-order valence-electron chi connectivity index (χ3n) is 1.87. The van der Waals surface area contributed by atoms with Crippen LogP contribution >= 0.6 is 0 Å². The molecule has 0 saturated carbocycles. The van der Waals surface area contributed by atoms with Crippen LogP contribution in [0.4, 0.5) is 0 Å². The molecule has 4 N–H and O–H groups in total. The van der Waals surface area contributed by atoms with Gasteiger partial charge < -0.3 is 20.8 Å². The number of nitrogens with one attached hydrogen (secondary N) is 2. The van der Waals surface area contributed by atoms with Gasteiger partial charge in [0.25, 0.3) is 0 Å².